The van der Waals surface area contributed by atoms with Gasteiger partial charge in [0.2, 0.25) is 11.6 Å². The monoisotopic (exact) mass is 208 g/mol. The van der Waals surface area contributed by atoms with Crippen molar-refractivity contribution < 1.29 is 4.63 Å². The van der Waals surface area contributed by atoms with Gasteiger partial charge in [-0.25, -0.2) is 4.63 Å². The van der Waals surface area contributed by atoms with Crippen LogP contribution >= 0.6 is 0 Å². The summed E-state index contributed by atoms with van der Waals surface area (Å²) in [6, 6.07) is 0.888. The number of hydrogen-bond donors (Lipinski definition) is 0. The van der Waals surface area contributed by atoms with Crippen molar-refractivity contribution in [2.24, 2.45) is 10.4 Å². The molecule has 0 bridgehead atoms. The van der Waals surface area contributed by atoms with E-state index in [2.05, 4.69) is 30.3 Å². The molecule has 0 amide bonds. The summed E-state index contributed by atoms with van der Waals surface area (Å²) >= 11 is 0. The molecule has 1 aromatic rings. The lowest BCUT2D eigenvalue weighted by Crippen LogP contribution is -2.26. The number of rotatable bonds is 4. The predicted molar refractivity (Wildman–Crippen MR) is 46.5 cm³/mol. The van der Waals surface area contributed by atoms with Crippen molar-refractivity contribution in [1.29, 1.82) is 5.26 Å². The minimum absolute atomic E-state index is 0.197. The summed E-state index contributed by atoms with van der Waals surface area (Å²) in [6.07, 6.45) is 0. The van der Waals surface area contributed by atoms with Crippen LogP contribution < -0.4 is 5.01 Å². The maximum atomic E-state index is 10.4. The molecule has 15 heavy (non-hydrogen) atoms. The van der Waals surface area contributed by atoms with Crippen LogP contribution in [0.3, 0.4) is 0 Å². The van der Waals surface area contributed by atoms with Crippen LogP contribution in [0.4, 0.5) is 11.6 Å². The van der Waals surface area contributed by atoms with Crippen molar-refractivity contribution in [1.82, 2.24) is 10.3 Å². The highest BCUT2D eigenvalue weighted by Gasteiger charge is 2.22. The smallest absolute Gasteiger partial charge is 0.227 e. The average Bonchev–Trinajstić information content (AvgIpc) is 2.68. The molecule has 0 aromatic carbocycles. The molecule has 0 aliphatic heterocycles. The van der Waals surface area contributed by atoms with E-state index in [1.807, 2.05) is 0 Å². The lowest BCUT2D eigenvalue weighted by atomic mass is 10.3. The molecule has 0 saturated carbocycles. The Morgan fingerprint density at radius 1 is 1.73 bits per heavy atom. The summed E-state index contributed by atoms with van der Waals surface area (Å²) < 4.78 is 4.26. The Bertz CT molecular complexity index is 440. The highest BCUT2D eigenvalue weighted by atomic mass is 16.6. The highest BCUT2D eigenvalue weighted by Crippen LogP contribution is 2.25. The fraction of sp³-hybridized carbons (Fsp3) is 0.400. The number of anilines is 1. The second-order valence-electron chi connectivity index (χ2n) is 2.33. The van der Waals surface area contributed by atoms with Crippen LogP contribution in [0.25, 0.3) is 10.4 Å². The minimum Gasteiger partial charge on any atom is -0.242 e. The molecule has 0 aliphatic rings. The normalized spacial score (nSPS) is 10.9. The van der Waals surface area contributed by atoms with Crippen LogP contribution in [-0.2, 0) is 0 Å². The molecule has 10 heteroatoms. The Morgan fingerprint density at radius 3 is 3.00 bits per heavy atom. The molecule has 0 spiro atoms. The van der Waals surface area contributed by atoms with E-state index in [0.717, 1.165) is 0 Å². The van der Waals surface area contributed by atoms with Gasteiger partial charge in [0.15, 0.2) is 0 Å². The Morgan fingerprint density at radius 2 is 2.47 bits per heavy atom. The Balaban J connectivity index is 3.13. The Kier molecular flexibility index (Phi) is 3.15. The lowest BCUT2D eigenvalue weighted by molar-refractivity contribution is 0.308. The van der Waals surface area contributed by atoms with E-state index in [9.17, 15) is 4.91 Å². The SMILES string of the molecule is CC(C#N)N(N=O)c1nonc1N=[N+]=[N-]. The Labute approximate surface area is 82.6 Å². The molecule has 1 unspecified atom stereocenters. The second kappa shape index (κ2) is 4.54. The van der Waals surface area contributed by atoms with Crippen LogP contribution in [0.15, 0.2) is 15.0 Å². The maximum absolute atomic E-state index is 10.4. The largest absolute Gasteiger partial charge is 0.242 e. The van der Waals surface area contributed by atoms with E-state index >= 15 is 0 Å². The number of nitriles is 1. The minimum atomic E-state index is -0.873. The zero-order chi connectivity index (χ0) is 11.3. The number of nitroso groups, excluding NO2 is 1. The molecule has 0 radical (unpaired) electrons. The van der Waals surface area contributed by atoms with Gasteiger partial charge < -0.3 is 0 Å². The first kappa shape index (κ1) is 10.4. The van der Waals surface area contributed by atoms with Gasteiger partial charge in [-0.05, 0) is 27.9 Å². The third-order valence-electron chi connectivity index (χ3n) is 1.45. The number of azide groups is 1. The van der Waals surface area contributed by atoms with E-state index in [0.29, 0.717) is 5.01 Å². The predicted octanol–water partition coefficient (Wildman–Crippen LogP) is 1.41. The fourth-order valence-corrected chi connectivity index (χ4v) is 0.777. The van der Waals surface area contributed by atoms with Crippen LogP contribution in [0.1, 0.15) is 6.92 Å². The number of hydrogen-bond acceptors (Lipinski definition) is 7. The first-order valence-electron chi connectivity index (χ1n) is 3.64. The Hall–Kier alpha value is -2.66. The first-order chi connectivity index (χ1) is 7.24. The van der Waals surface area contributed by atoms with E-state index < -0.39 is 6.04 Å². The van der Waals surface area contributed by atoms with Gasteiger partial charge in [-0.3, -0.25) is 0 Å². The van der Waals surface area contributed by atoms with E-state index in [1.165, 1.54) is 6.92 Å². The zero-order valence-corrected chi connectivity index (χ0v) is 7.47. The van der Waals surface area contributed by atoms with Gasteiger partial charge in [-0.15, -0.1) is 4.91 Å². The van der Waals surface area contributed by atoms with Crippen molar-refractivity contribution in [3.63, 3.8) is 0 Å². The summed E-state index contributed by atoms with van der Waals surface area (Å²) in [5.41, 5.74) is 8.17. The molecule has 0 N–H and O–H groups in total. The van der Waals surface area contributed by atoms with E-state index in [1.54, 1.807) is 6.07 Å². The third-order valence-corrected chi connectivity index (χ3v) is 1.45. The van der Waals surface area contributed by atoms with Crippen molar-refractivity contribution in [3.8, 4) is 6.07 Å². The molecule has 0 saturated heterocycles. The molecule has 76 valence electrons. The zero-order valence-electron chi connectivity index (χ0n) is 7.47. The quantitative estimate of drug-likeness (QED) is 0.240. The van der Waals surface area contributed by atoms with Gasteiger partial charge in [0.05, 0.1) is 11.4 Å². The van der Waals surface area contributed by atoms with Crippen molar-refractivity contribution >= 4 is 11.6 Å². The summed E-state index contributed by atoms with van der Waals surface area (Å²) in [4.78, 5) is 12.9. The van der Waals surface area contributed by atoms with Crippen LogP contribution in [-0.4, -0.2) is 16.4 Å². The summed E-state index contributed by atoms with van der Waals surface area (Å²) in [5, 5.41) is 21.5. The molecule has 1 aromatic heterocycles. The third kappa shape index (κ3) is 1.98. The van der Waals surface area contributed by atoms with Crippen molar-refractivity contribution in [2.45, 2.75) is 13.0 Å². The number of nitrogens with zero attached hydrogens (tertiary/aromatic N) is 8. The number of aromatic nitrogens is 2. The molecule has 1 rings (SSSR count). The molecule has 1 heterocycles. The van der Waals surface area contributed by atoms with E-state index in [4.69, 9.17) is 10.8 Å². The standard InChI is InChI=1S/C5H4N8O2/c1-3(2-6)13(12-14)5-4(8-11-7)9-15-10-5/h3H,1H3. The second-order valence-corrected chi connectivity index (χ2v) is 2.33. The summed E-state index contributed by atoms with van der Waals surface area (Å²) in [5.74, 6) is -0.448. The lowest BCUT2D eigenvalue weighted by Gasteiger charge is -2.12. The molecule has 0 aliphatic carbocycles. The van der Waals surface area contributed by atoms with E-state index in [-0.39, 0.29) is 11.6 Å². The average molecular weight is 208 g/mol. The molecule has 10 nitrogen and oxygen atoms in total. The molecule has 1 atom stereocenters. The van der Waals surface area contributed by atoms with Crippen LogP contribution in [0, 0.1) is 16.2 Å². The summed E-state index contributed by atoms with van der Waals surface area (Å²) in [6.45, 7) is 1.41. The van der Waals surface area contributed by atoms with Crippen LogP contribution in [0.2, 0.25) is 0 Å². The molecular weight excluding hydrogens is 204 g/mol. The van der Waals surface area contributed by atoms with Gasteiger partial charge in [0.1, 0.15) is 6.04 Å². The topological polar surface area (TPSA) is 144 Å². The van der Waals surface area contributed by atoms with Gasteiger partial charge in [0.25, 0.3) is 0 Å². The van der Waals surface area contributed by atoms with Gasteiger partial charge in [-0.1, -0.05) is 0 Å². The van der Waals surface area contributed by atoms with Crippen molar-refractivity contribution in [3.05, 3.63) is 15.3 Å². The van der Waals surface area contributed by atoms with Gasteiger partial charge in [-0.2, -0.15) is 10.3 Å². The molecule has 0 fully saturated rings. The van der Waals surface area contributed by atoms with Gasteiger partial charge >= 0.3 is 0 Å². The van der Waals surface area contributed by atoms with Gasteiger partial charge in [0, 0.05) is 4.91 Å². The first-order valence-corrected chi connectivity index (χ1v) is 3.64. The van der Waals surface area contributed by atoms with Crippen molar-refractivity contribution in [2.75, 3.05) is 5.01 Å². The maximum Gasteiger partial charge on any atom is 0.227 e. The highest BCUT2D eigenvalue weighted by molar-refractivity contribution is 5.56. The fourth-order valence-electron chi connectivity index (χ4n) is 0.777. The van der Waals surface area contributed by atoms with Crippen LogP contribution in [0.5, 0.6) is 0 Å². The molecular formula is C5H4N8O2. The summed E-state index contributed by atoms with van der Waals surface area (Å²) in [7, 11) is 0.